The Kier molecular flexibility index (Phi) is 14.9. The molecule has 19 heteroatoms. The second-order valence-electron chi connectivity index (χ2n) is 18.7. The van der Waals surface area contributed by atoms with E-state index < -0.39 is 35.8 Å². The first-order chi connectivity index (χ1) is 34.1. The molecule has 8 rings (SSSR count). The first kappa shape index (κ1) is 49.5. The molecule has 4 aliphatic rings. The number of unbranched alkanes of at least 4 members (excludes halogenated alkanes) is 2. The van der Waals surface area contributed by atoms with E-state index in [1.165, 1.54) is 17.1 Å². The number of hydrogen-bond donors (Lipinski definition) is 8. The number of primary amides is 1. The lowest BCUT2D eigenvalue weighted by molar-refractivity contribution is -0.137. The summed E-state index contributed by atoms with van der Waals surface area (Å²) in [5.41, 5.74) is 9.62. The van der Waals surface area contributed by atoms with Crippen LogP contribution in [0.4, 0.5) is 16.2 Å². The average Bonchev–Trinajstić information content (AvgIpc) is 3.54. The zero-order valence-electron chi connectivity index (χ0n) is 39.6. The van der Waals surface area contributed by atoms with Crippen LogP contribution in [0.5, 0.6) is 0 Å². The van der Waals surface area contributed by atoms with Crippen molar-refractivity contribution < 1.29 is 43.2 Å². The monoisotopic (exact) mass is 966 g/mol. The highest BCUT2D eigenvalue weighted by atomic mass is 16.2. The van der Waals surface area contributed by atoms with Gasteiger partial charge in [-0.1, -0.05) is 44.5 Å². The lowest BCUT2D eigenvalue weighted by Crippen LogP contribution is -2.54. The Morgan fingerprint density at radius 2 is 1.55 bits per heavy atom. The standard InChI is InChI=1S/C52H58N10O9/c1-30(2)46(55-23-22-54-43(64)12-4-3-7-24-61-44(65)19-20-45(61)66)49(69)60-39(11-8-21-56-51(53)71)48(68)57-34-15-13-31(14-16-34)47(67)58-35-17-18-38-32(25-35)26-40(59-38)50(70)62-29-33-28-52(33)37-10-6-5-9-36(37)41(63)27-42(52)62/h5-6,9-10,13-20,25-27,30,33,39,46,55,59H,3-4,7-8,11-12,21-24,28-29H2,1-2H3,(H,54,64)(H,57,68)(H,58,67)(H,60,69)(H3,53,56,71)/t33-,39+,46+,52?/m1/s1. The largest absolute Gasteiger partial charge is 0.355 e. The van der Waals surface area contributed by atoms with Crippen molar-refractivity contribution in [1.29, 1.82) is 0 Å². The molecule has 0 bridgehead atoms. The molecule has 2 aliphatic carbocycles. The summed E-state index contributed by atoms with van der Waals surface area (Å²) < 4.78 is 0. The molecule has 1 unspecified atom stereocenters. The molecule has 71 heavy (non-hydrogen) atoms. The number of allylic oxidation sites excluding steroid dienone is 2. The molecule has 1 aromatic heterocycles. The van der Waals surface area contributed by atoms with Crippen LogP contribution in [-0.2, 0) is 29.4 Å². The van der Waals surface area contributed by atoms with E-state index in [1.807, 2.05) is 38.1 Å². The first-order valence-corrected chi connectivity index (χ1v) is 24.0. The Morgan fingerprint density at radius 1 is 0.803 bits per heavy atom. The molecule has 3 aromatic carbocycles. The van der Waals surface area contributed by atoms with Gasteiger partial charge >= 0.3 is 6.03 Å². The fourth-order valence-corrected chi connectivity index (χ4v) is 9.77. The molecular weight excluding hydrogens is 909 g/mol. The number of piperidine rings is 1. The van der Waals surface area contributed by atoms with Gasteiger partial charge in [0.1, 0.15) is 11.7 Å². The summed E-state index contributed by atoms with van der Waals surface area (Å²) in [5, 5.41) is 17.7. The number of fused-ring (bicyclic) bond motifs is 2. The number of H-pyrrole nitrogens is 1. The molecule has 9 N–H and O–H groups in total. The summed E-state index contributed by atoms with van der Waals surface area (Å²) >= 11 is 0. The maximum atomic E-state index is 13.9. The quantitative estimate of drug-likeness (QED) is 0.0414. The second kappa shape index (κ2) is 21.4. The van der Waals surface area contributed by atoms with E-state index >= 15 is 0 Å². The van der Waals surface area contributed by atoms with Crippen LogP contribution < -0.4 is 37.6 Å². The van der Waals surface area contributed by atoms with Gasteiger partial charge in [0.2, 0.25) is 17.7 Å². The van der Waals surface area contributed by atoms with Gasteiger partial charge in [0, 0.05) is 102 Å². The highest BCUT2D eigenvalue weighted by Gasteiger charge is 2.67. The van der Waals surface area contributed by atoms with E-state index in [0.29, 0.717) is 77.9 Å². The number of aromatic amines is 1. The van der Waals surface area contributed by atoms with Crippen LogP contribution in [0.3, 0.4) is 0 Å². The van der Waals surface area contributed by atoms with Gasteiger partial charge in [-0.25, -0.2) is 4.79 Å². The van der Waals surface area contributed by atoms with Crippen LogP contribution in [0.15, 0.2) is 96.7 Å². The van der Waals surface area contributed by atoms with Gasteiger partial charge < -0.3 is 47.5 Å². The predicted octanol–water partition coefficient (Wildman–Crippen LogP) is 4.00. The smallest absolute Gasteiger partial charge is 0.312 e. The van der Waals surface area contributed by atoms with Gasteiger partial charge in [0.05, 0.1) is 6.04 Å². The fourth-order valence-electron chi connectivity index (χ4n) is 9.77. The fraction of sp³-hybridized carbons (Fsp3) is 0.365. The SMILES string of the molecule is CC(C)[C@H](NCCNC(=O)CCCCCN1C(=O)C=CC1=O)C(=O)N[C@@H](CCCNC(N)=O)C(=O)Nc1ccc(C(=O)Nc2ccc3[nH]c(C(=O)N4C[C@H]5CC56C4=CC(=O)c4ccccc46)cc3c2)cc1. The molecule has 4 aromatic rings. The van der Waals surface area contributed by atoms with Crippen LogP contribution in [0.1, 0.15) is 95.6 Å². The summed E-state index contributed by atoms with van der Waals surface area (Å²) in [6.45, 7) is 5.23. The van der Waals surface area contributed by atoms with Crippen molar-refractivity contribution in [3.8, 4) is 0 Å². The molecule has 1 spiro atoms. The summed E-state index contributed by atoms with van der Waals surface area (Å²) in [4.78, 5) is 121. The minimum absolute atomic E-state index is 0.0986. The number of carbonyl (C=O) groups is 9. The highest BCUT2D eigenvalue weighted by molar-refractivity contribution is 6.13. The molecule has 2 fully saturated rings. The van der Waals surface area contributed by atoms with E-state index in [-0.39, 0.29) is 79.1 Å². The van der Waals surface area contributed by atoms with Crippen molar-refractivity contribution in [2.75, 3.05) is 43.4 Å². The number of nitrogens with zero attached hydrogens (tertiary/aromatic N) is 2. The predicted molar refractivity (Wildman–Crippen MR) is 264 cm³/mol. The molecule has 370 valence electrons. The van der Waals surface area contributed by atoms with Crippen molar-refractivity contribution in [3.05, 3.63) is 119 Å². The molecule has 2 aliphatic heterocycles. The van der Waals surface area contributed by atoms with Crippen LogP contribution in [0.25, 0.3) is 10.9 Å². The van der Waals surface area contributed by atoms with Gasteiger partial charge in [-0.3, -0.25) is 43.3 Å². The molecule has 9 amide bonds. The Bertz CT molecular complexity index is 2830. The third kappa shape index (κ3) is 11.1. The number of aromatic nitrogens is 1. The average molecular weight is 967 g/mol. The molecule has 1 saturated heterocycles. The lowest BCUT2D eigenvalue weighted by Gasteiger charge is -2.29. The van der Waals surface area contributed by atoms with Crippen LogP contribution in [0.2, 0.25) is 0 Å². The van der Waals surface area contributed by atoms with E-state index in [4.69, 9.17) is 5.73 Å². The molecule has 19 nitrogen and oxygen atoms in total. The van der Waals surface area contributed by atoms with Gasteiger partial charge in [0.15, 0.2) is 5.78 Å². The minimum atomic E-state index is -1.01. The number of hydrogen-bond acceptors (Lipinski definition) is 10. The maximum Gasteiger partial charge on any atom is 0.312 e. The third-order valence-electron chi connectivity index (χ3n) is 13.5. The lowest BCUT2D eigenvalue weighted by atomic mass is 9.81. The van der Waals surface area contributed by atoms with E-state index in [1.54, 1.807) is 59.5 Å². The third-order valence-corrected chi connectivity index (χ3v) is 13.5. The number of carbonyl (C=O) groups excluding carboxylic acids is 9. The summed E-state index contributed by atoms with van der Waals surface area (Å²) in [6.07, 6.45) is 7.60. The van der Waals surface area contributed by atoms with E-state index in [0.717, 1.165) is 17.7 Å². The van der Waals surface area contributed by atoms with Crippen LogP contribution >= 0.6 is 0 Å². The second-order valence-corrected chi connectivity index (χ2v) is 18.7. The molecule has 0 radical (unpaired) electrons. The minimum Gasteiger partial charge on any atom is -0.355 e. The zero-order chi connectivity index (χ0) is 50.4. The Morgan fingerprint density at radius 3 is 2.30 bits per heavy atom. The van der Waals surface area contributed by atoms with Crippen molar-refractivity contribution >= 4 is 75.4 Å². The van der Waals surface area contributed by atoms with Gasteiger partial charge in [-0.15, -0.1) is 0 Å². The zero-order valence-corrected chi connectivity index (χ0v) is 39.6. The van der Waals surface area contributed by atoms with Gasteiger partial charge in [0.25, 0.3) is 23.6 Å². The highest BCUT2D eigenvalue weighted by Crippen LogP contribution is 2.66. The number of imide groups is 1. The number of ketones is 1. The maximum absolute atomic E-state index is 13.9. The van der Waals surface area contributed by atoms with Gasteiger partial charge in [-0.05, 0) is 98.0 Å². The number of urea groups is 1. The number of nitrogens with one attached hydrogen (secondary N) is 7. The van der Waals surface area contributed by atoms with Crippen molar-refractivity contribution in [2.24, 2.45) is 17.6 Å². The Labute approximate surface area is 409 Å². The van der Waals surface area contributed by atoms with E-state index in [2.05, 4.69) is 36.9 Å². The summed E-state index contributed by atoms with van der Waals surface area (Å²) in [7, 11) is 0. The molecule has 3 heterocycles. The van der Waals surface area contributed by atoms with E-state index in [9.17, 15) is 43.2 Å². The number of benzene rings is 3. The van der Waals surface area contributed by atoms with Crippen molar-refractivity contribution in [3.63, 3.8) is 0 Å². The van der Waals surface area contributed by atoms with Crippen molar-refractivity contribution in [2.45, 2.75) is 76.3 Å². The molecule has 1 saturated carbocycles. The van der Waals surface area contributed by atoms with Crippen molar-refractivity contribution in [1.82, 2.24) is 36.1 Å². The number of nitrogens with two attached hydrogens (primary N) is 1. The topological polar surface area (TPSA) is 274 Å². The number of amides is 9. The summed E-state index contributed by atoms with van der Waals surface area (Å²) in [6, 6.07) is 18.4. The number of anilines is 2. The Hall–Kier alpha value is -7.93. The normalized spacial score (nSPS) is 18.3. The number of rotatable bonds is 22. The Balaban J connectivity index is 0.816. The number of likely N-dealkylation sites (tertiary alicyclic amines) is 1. The van der Waals surface area contributed by atoms with Crippen LogP contribution in [-0.4, -0.2) is 113 Å². The van der Waals surface area contributed by atoms with Gasteiger partial charge in [-0.2, -0.15) is 0 Å². The molecular formula is C52H58N10O9. The first-order valence-electron chi connectivity index (χ1n) is 24.0. The molecule has 4 atom stereocenters. The summed E-state index contributed by atoms with van der Waals surface area (Å²) in [5.74, 6) is -2.45. The van der Waals surface area contributed by atoms with Crippen LogP contribution in [0, 0.1) is 11.8 Å².